The van der Waals surface area contributed by atoms with Gasteiger partial charge in [0.1, 0.15) is 0 Å². The molecular weight excluding hydrogens is 264 g/mol. The molecule has 0 aliphatic carbocycles. The Labute approximate surface area is 120 Å². The summed E-state index contributed by atoms with van der Waals surface area (Å²) >= 11 is 6.01. The van der Waals surface area contributed by atoms with Crippen LogP contribution in [0.3, 0.4) is 0 Å². The summed E-state index contributed by atoms with van der Waals surface area (Å²) in [5.74, 6) is 0.593. The minimum Gasteiger partial charge on any atom is -0.504 e. The molecule has 0 saturated heterocycles. The van der Waals surface area contributed by atoms with Crippen molar-refractivity contribution in [3.05, 3.63) is 22.7 Å². The van der Waals surface area contributed by atoms with Gasteiger partial charge in [-0.05, 0) is 46.7 Å². The van der Waals surface area contributed by atoms with E-state index in [1.807, 2.05) is 7.05 Å². The Morgan fingerprint density at radius 3 is 2.47 bits per heavy atom. The molecule has 0 aliphatic rings. The fourth-order valence-electron chi connectivity index (χ4n) is 1.93. The molecule has 0 aliphatic heterocycles. The van der Waals surface area contributed by atoms with E-state index in [2.05, 4.69) is 23.9 Å². The molecule has 108 valence electrons. The van der Waals surface area contributed by atoms with E-state index >= 15 is 0 Å². The van der Waals surface area contributed by atoms with Crippen molar-refractivity contribution in [1.29, 1.82) is 0 Å². The van der Waals surface area contributed by atoms with Gasteiger partial charge in [-0.25, -0.2) is 0 Å². The van der Waals surface area contributed by atoms with Gasteiger partial charge in [0.15, 0.2) is 11.5 Å². The molecular formula is C14H23ClN2O2. The summed E-state index contributed by atoms with van der Waals surface area (Å²) in [6.07, 6.45) is 1.09. The van der Waals surface area contributed by atoms with Crippen molar-refractivity contribution < 1.29 is 9.84 Å². The quantitative estimate of drug-likeness (QED) is 0.835. The van der Waals surface area contributed by atoms with Crippen LogP contribution in [0.5, 0.6) is 11.5 Å². The molecule has 0 unspecified atom stereocenters. The van der Waals surface area contributed by atoms with Crippen molar-refractivity contribution in [1.82, 2.24) is 9.80 Å². The summed E-state index contributed by atoms with van der Waals surface area (Å²) in [5, 5.41) is 10.6. The van der Waals surface area contributed by atoms with Gasteiger partial charge in [0.25, 0.3) is 0 Å². The van der Waals surface area contributed by atoms with Crippen molar-refractivity contribution in [2.45, 2.75) is 13.0 Å². The number of rotatable bonds is 7. The Morgan fingerprint density at radius 1 is 1.21 bits per heavy atom. The van der Waals surface area contributed by atoms with E-state index < -0.39 is 0 Å². The zero-order valence-corrected chi connectivity index (χ0v) is 12.9. The molecule has 19 heavy (non-hydrogen) atoms. The number of hydrogen-bond donors (Lipinski definition) is 1. The second-order valence-corrected chi connectivity index (χ2v) is 5.45. The first-order valence-corrected chi connectivity index (χ1v) is 6.70. The van der Waals surface area contributed by atoms with Gasteiger partial charge in [-0.2, -0.15) is 0 Å². The summed E-state index contributed by atoms with van der Waals surface area (Å²) in [4.78, 5) is 4.32. The molecule has 5 heteroatoms. The van der Waals surface area contributed by atoms with Crippen LogP contribution in [-0.2, 0) is 6.54 Å². The second kappa shape index (κ2) is 7.58. The van der Waals surface area contributed by atoms with E-state index in [0.29, 0.717) is 17.3 Å². The van der Waals surface area contributed by atoms with Crippen molar-refractivity contribution in [2.24, 2.45) is 0 Å². The number of ether oxygens (including phenoxy) is 1. The molecule has 0 bridgehead atoms. The van der Waals surface area contributed by atoms with E-state index in [-0.39, 0.29) is 5.75 Å². The van der Waals surface area contributed by atoms with E-state index in [1.165, 1.54) is 7.11 Å². The van der Waals surface area contributed by atoms with Crippen LogP contribution in [0, 0.1) is 0 Å². The molecule has 0 aromatic heterocycles. The summed E-state index contributed by atoms with van der Waals surface area (Å²) in [6, 6.07) is 3.40. The monoisotopic (exact) mass is 286 g/mol. The number of methoxy groups -OCH3 is 1. The van der Waals surface area contributed by atoms with Crippen LogP contribution in [0.1, 0.15) is 12.0 Å². The molecule has 1 N–H and O–H groups in total. The largest absolute Gasteiger partial charge is 0.504 e. The average Bonchev–Trinajstić information content (AvgIpc) is 2.32. The summed E-state index contributed by atoms with van der Waals surface area (Å²) in [6.45, 7) is 2.66. The minimum absolute atomic E-state index is 0.173. The molecule has 0 atom stereocenters. The predicted octanol–water partition coefficient (Wildman–Crippen LogP) is 2.44. The second-order valence-electron chi connectivity index (χ2n) is 5.01. The number of halogens is 1. The fraction of sp³-hybridized carbons (Fsp3) is 0.571. The third kappa shape index (κ3) is 5.27. The van der Waals surface area contributed by atoms with Crippen LogP contribution < -0.4 is 4.74 Å². The van der Waals surface area contributed by atoms with Crippen LogP contribution in [0.2, 0.25) is 5.02 Å². The van der Waals surface area contributed by atoms with Crippen LogP contribution >= 0.6 is 11.6 Å². The molecule has 4 nitrogen and oxygen atoms in total. The SMILES string of the molecule is COc1cc(Cl)cc(CN(C)CCCN(C)C)c1O. The van der Waals surface area contributed by atoms with E-state index in [1.54, 1.807) is 12.1 Å². The van der Waals surface area contributed by atoms with Crippen LogP contribution in [0.4, 0.5) is 0 Å². The molecule has 0 radical (unpaired) electrons. The van der Waals surface area contributed by atoms with E-state index in [9.17, 15) is 5.11 Å². The lowest BCUT2D eigenvalue weighted by atomic mass is 10.1. The van der Waals surface area contributed by atoms with Gasteiger partial charge in [0.05, 0.1) is 7.11 Å². The number of benzene rings is 1. The first-order chi connectivity index (χ1) is 8.93. The smallest absolute Gasteiger partial charge is 0.162 e. The normalized spacial score (nSPS) is 11.3. The van der Waals surface area contributed by atoms with Crippen molar-refractivity contribution in [3.8, 4) is 11.5 Å². The number of aromatic hydroxyl groups is 1. The summed E-state index contributed by atoms with van der Waals surface area (Å²) in [7, 11) is 7.68. The minimum atomic E-state index is 0.173. The van der Waals surface area contributed by atoms with Gasteiger partial charge < -0.3 is 19.6 Å². The highest BCUT2D eigenvalue weighted by molar-refractivity contribution is 6.30. The third-order valence-electron chi connectivity index (χ3n) is 2.92. The lowest BCUT2D eigenvalue weighted by molar-refractivity contribution is 0.288. The topological polar surface area (TPSA) is 35.9 Å². The number of phenolic OH excluding ortho intramolecular Hbond substituents is 1. The Hall–Kier alpha value is -0.970. The predicted molar refractivity (Wildman–Crippen MR) is 79.2 cm³/mol. The number of phenols is 1. The van der Waals surface area contributed by atoms with Gasteiger partial charge in [0.2, 0.25) is 0 Å². The first kappa shape index (κ1) is 16.1. The Bertz CT molecular complexity index is 411. The van der Waals surface area contributed by atoms with Crippen LogP contribution in [-0.4, -0.2) is 56.2 Å². The van der Waals surface area contributed by atoms with Crippen LogP contribution in [0.15, 0.2) is 12.1 Å². The maximum Gasteiger partial charge on any atom is 0.162 e. The highest BCUT2D eigenvalue weighted by Crippen LogP contribution is 2.33. The highest BCUT2D eigenvalue weighted by atomic mass is 35.5. The van der Waals surface area contributed by atoms with Gasteiger partial charge in [-0.1, -0.05) is 11.6 Å². The third-order valence-corrected chi connectivity index (χ3v) is 3.14. The van der Waals surface area contributed by atoms with Gasteiger partial charge >= 0.3 is 0 Å². The molecule has 1 aromatic carbocycles. The fourth-order valence-corrected chi connectivity index (χ4v) is 2.16. The maximum absolute atomic E-state index is 10.1. The van der Waals surface area contributed by atoms with E-state index in [4.69, 9.17) is 16.3 Å². The number of hydrogen-bond acceptors (Lipinski definition) is 4. The average molecular weight is 287 g/mol. The molecule has 1 aromatic rings. The summed E-state index contributed by atoms with van der Waals surface area (Å²) in [5.41, 5.74) is 0.789. The molecule has 0 saturated carbocycles. The highest BCUT2D eigenvalue weighted by Gasteiger charge is 2.11. The lowest BCUT2D eigenvalue weighted by Gasteiger charge is -2.19. The first-order valence-electron chi connectivity index (χ1n) is 6.32. The standard InChI is InChI=1S/C14H23ClN2O2/c1-16(2)6-5-7-17(3)10-11-8-12(15)9-13(19-4)14(11)18/h8-9,18H,5-7,10H2,1-4H3. The zero-order chi connectivity index (χ0) is 14.4. The summed E-state index contributed by atoms with van der Waals surface area (Å²) < 4.78 is 5.10. The molecule has 0 amide bonds. The Kier molecular flexibility index (Phi) is 6.42. The lowest BCUT2D eigenvalue weighted by Crippen LogP contribution is -2.23. The molecule has 1 rings (SSSR count). The van der Waals surface area contributed by atoms with Gasteiger partial charge in [-0.3, -0.25) is 0 Å². The van der Waals surface area contributed by atoms with Crippen LogP contribution in [0.25, 0.3) is 0 Å². The maximum atomic E-state index is 10.1. The van der Waals surface area contributed by atoms with Crippen molar-refractivity contribution in [2.75, 3.05) is 41.3 Å². The van der Waals surface area contributed by atoms with Gasteiger partial charge in [0, 0.05) is 23.2 Å². The zero-order valence-electron chi connectivity index (χ0n) is 12.1. The molecule has 0 fully saturated rings. The Morgan fingerprint density at radius 2 is 1.89 bits per heavy atom. The van der Waals surface area contributed by atoms with Gasteiger partial charge in [-0.15, -0.1) is 0 Å². The molecule has 0 heterocycles. The Balaban J connectivity index is 2.63. The molecule has 0 spiro atoms. The van der Waals surface area contributed by atoms with Crippen molar-refractivity contribution in [3.63, 3.8) is 0 Å². The van der Waals surface area contributed by atoms with E-state index in [0.717, 1.165) is 25.1 Å². The van der Waals surface area contributed by atoms with Crippen molar-refractivity contribution >= 4 is 11.6 Å². The number of nitrogens with zero attached hydrogens (tertiary/aromatic N) is 2.